The quantitative estimate of drug-likeness (QED) is 0.552. The van der Waals surface area contributed by atoms with E-state index in [1.54, 1.807) is 0 Å². The van der Waals surface area contributed by atoms with Crippen LogP contribution in [0.25, 0.3) is 10.8 Å². The molecule has 0 aliphatic carbocycles. The number of anilines is 1. The second-order valence-electron chi connectivity index (χ2n) is 3.89. The lowest BCUT2D eigenvalue weighted by molar-refractivity contribution is 1.06. The minimum Gasteiger partial charge on any atom is -0.388 e. The molecule has 0 unspecified atom stereocenters. The minimum absolute atomic E-state index is 0.121. The van der Waals surface area contributed by atoms with E-state index < -0.39 is 0 Å². The van der Waals surface area contributed by atoms with Gasteiger partial charge in [0.15, 0.2) is 5.96 Å². The van der Waals surface area contributed by atoms with Gasteiger partial charge < -0.3 is 16.8 Å². The molecule has 0 radical (unpaired) electrons. The standard InChI is InChI=1S/C13H16N4/c1-16-12-5-4-10-6-9(8-17-13(14)15)2-3-11(10)7-12/h2-7,16H,8H2,1H3,(H4,14,15,17). The second-order valence-corrected chi connectivity index (χ2v) is 3.89. The van der Waals surface area contributed by atoms with E-state index in [1.807, 2.05) is 19.2 Å². The van der Waals surface area contributed by atoms with Gasteiger partial charge in [0.05, 0.1) is 6.54 Å². The Bertz CT molecular complexity index is 556. The zero-order chi connectivity index (χ0) is 12.3. The van der Waals surface area contributed by atoms with Crippen LogP contribution in [0.15, 0.2) is 41.4 Å². The summed E-state index contributed by atoms with van der Waals surface area (Å²) >= 11 is 0. The molecule has 0 aromatic heterocycles. The fourth-order valence-corrected chi connectivity index (χ4v) is 1.73. The van der Waals surface area contributed by atoms with Crippen molar-refractivity contribution in [1.82, 2.24) is 0 Å². The molecule has 0 saturated heterocycles. The first-order valence-electron chi connectivity index (χ1n) is 5.45. The summed E-state index contributed by atoms with van der Waals surface area (Å²) in [6.07, 6.45) is 0. The second kappa shape index (κ2) is 4.74. The fourth-order valence-electron chi connectivity index (χ4n) is 1.73. The van der Waals surface area contributed by atoms with Gasteiger partial charge in [-0.15, -0.1) is 0 Å². The maximum Gasteiger partial charge on any atom is 0.186 e. The average molecular weight is 228 g/mol. The zero-order valence-electron chi connectivity index (χ0n) is 9.77. The molecule has 0 saturated carbocycles. The predicted molar refractivity (Wildman–Crippen MR) is 73.0 cm³/mol. The van der Waals surface area contributed by atoms with Crippen LogP contribution in [-0.2, 0) is 6.54 Å². The van der Waals surface area contributed by atoms with Crippen molar-refractivity contribution >= 4 is 22.4 Å². The molecular formula is C13H16N4. The number of fused-ring (bicyclic) bond motifs is 1. The summed E-state index contributed by atoms with van der Waals surface area (Å²) in [4.78, 5) is 4.00. The molecule has 0 bridgehead atoms. The van der Waals surface area contributed by atoms with Gasteiger partial charge in [-0.1, -0.05) is 18.2 Å². The number of guanidine groups is 1. The first kappa shape index (κ1) is 11.3. The largest absolute Gasteiger partial charge is 0.388 e. The Morgan fingerprint density at radius 2 is 1.82 bits per heavy atom. The molecule has 0 aliphatic rings. The van der Waals surface area contributed by atoms with Crippen LogP contribution in [0.2, 0.25) is 0 Å². The topological polar surface area (TPSA) is 76.4 Å². The van der Waals surface area contributed by atoms with E-state index in [9.17, 15) is 0 Å². The molecule has 0 amide bonds. The lowest BCUT2D eigenvalue weighted by atomic mass is 10.1. The molecule has 0 atom stereocenters. The molecule has 2 rings (SSSR count). The summed E-state index contributed by atoms with van der Waals surface area (Å²) in [5, 5.41) is 5.51. The zero-order valence-corrected chi connectivity index (χ0v) is 9.77. The van der Waals surface area contributed by atoms with Crippen molar-refractivity contribution in [2.75, 3.05) is 12.4 Å². The van der Waals surface area contributed by atoms with E-state index >= 15 is 0 Å². The van der Waals surface area contributed by atoms with Crippen molar-refractivity contribution < 1.29 is 0 Å². The molecular weight excluding hydrogens is 212 g/mol. The molecule has 5 N–H and O–H groups in total. The monoisotopic (exact) mass is 228 g/mol. The molecule has 2 aromatic rings. The Hall–Kier alpha value is -2.23. The summed E-state index contributed by atoms with van der Waals surface area (Å²) in [5.74, 6) is 0.121. The minimum atomic E-state index is 0.121. The van der Waals surface area contributed by atoms with Crippen LogP contribution >= 0.6 is 0 Å². The van der Waals surface area contributed by atoms with Crippen LogP contribution in [0, 0.1) is 0 Å². The Balaban J connectivity index is 2.34. The fraction of sp³-hybridized carbons (Fsp3) is 0.154. The number of nitrogens with one attached hydrogen (secondary N) is 1. The highest BCUT2D eigenvalue weighted by atomic mass is 15.0. The SMILES string of the molecule is CNc1ccc2cc(CN=C(N)N)ccc2c1. The van der Waals surface area contributed by atoms with Crippen LogP contribution in [0.3, 0.4) is 0 Å². The van der Waals surface area contributed by atoms with Crippen LogP contribution < -0.4 is 16.8 Å². The van der Waals surface area contributed by atoms with E-state index in [0.717, 1.165) is 11.3 Å². The molecule has 17 heavy (non-hydrogen) atoms. The number of hydrogen-bond donors (Lipinski definition) is 3. The normalized spacial score (nSPS) is 10.2. The Labute approximate surface area is 100 Å². The molecule has 0 fully saturated rings. The van der Waals surface area contributed by atoms with Gasteiger partial charge in [-0.05, 0) is 34.5 Å². The van der Waals surface area contributed by atoms with Crippen molar-refractivity contribution in [3.05, 3.63) is 42.0 Å². The van der Waals surface area contributed by atoms with Gasteiger partial charge in [0.2, 0.25) is 0 Å². The van der Waals surface area contributed by atoms with Gasteiger partial charge in [0.25, 0.3) is 0 Å². The highest BCUT2D eigenvalue weighted by Crippen LogP contribution is 2.20. The lowest BCUT2D eigenvalue weighted by Crippen LogP contribution is -2.22. The molecule has 88 valence electrons. The van der Waals surface area contributed by atoms with E-state index in [4.69, 9.17) is 11.5 Å². The van der Waals surface area contributed by atoms with E-state index in [2.05, 4.69) is 34.6 Å². The third-order valence-electron chi connectivity index (χ3n) is 2.64. The van der Waals surface area contributed by atoms with Crippen molar-refractivity contribution in [1.29, 1.82) is 0 Å². The Morgan fingerprint density at radius 1 is 1.12 bits per heavy atom. The number of aliphatic imine (C=N–C) groups is 1. The maximum absolute atomic E-state index is 5.31. The third kappa shape index (κ3) is 2.66. The van der Waals surface area contributed by atoms with Crippen LogP contribution in [0.4, 0.5) is 5.69 Å². The highest BCUT2D eigenvalue weighted by molar-refractivity contribution is 5.86. The van der Waals surface area contributed by atoms with Crippen molar-refractivity contribution in [2.24, 2.45) is 16.5 Å². The van der Waals surface area contributed by atoms with Crippen molar-refractivity contribution in [3.8, 4) is 0 Å². The van der Waals surface area contributed by atoms with Gasteiger partial charge in [-0.25, -0.2) is 4.99 Å². The van der Waals surface area contributed by atoms with Crippen molar-refractivity contribution in [3.63, 3.8) is 0 Å². The molecule has 0 aliphatic heterocycles. The van der Waals surface area contributed by atoms with Gasteiger partial charge in [0.1, 0.15) is 0 Å². The number of benzene rings is 2. The Morgan fingerprint density at radius 3 is 2.53 bits per heavy atom. The van der Waals surface area contributed by atoms with Gasteiger partial charge >= 0.3 is 0 Å². The van der Waals surface area contributed by atoms with E-state index in [1.165, 1.54) is 10.8 Å². The molecule has 2 aromatic carbocycles. The first-order valence-corrected chi connectivity index (χ1v) is 5.45. The molecule has 0 spiro atoms. The third-order valence-corrected chi connectivity index (χ3v) is 2.64. The van der Waals surface area contributed by atoms with Crippen molar-refractivity contribution in [2.45, 2.75) is 6.54 Å². The lowest BCUT2D eigenvalue weighted by Gasteiger charge is -2.04. The van der Waals surface area contributed by atoms with E-state index in [0.29, 0.717) is 6.54 Å². The summed E-state index contributed by atoms with van der Waals surface area (Å²) < 4.78 is 0. The van der Waals surface area contributed by atoms with Gasteiger partial charge in [-0.2, -0.15) is 0 Å². The Kier molecular flexibility index (Phi) is 3.14. The smallest absolute Gasteiger partial charge is 0.186 e. The first-order chi connectivity index (χ1) is 8.19. The summed E-state index contributed by atoms with van der Waals surface area (Å²) in [7, 11) is 1.91. The summed E-state index contributed by atoms with van der Waals surface area (Å²) in [6.45, 7) is 0.520. The van der Waals surface area contributed by atoms with Crippen LogP contribution in [0.1, 0.15) is 5.56 Å². The number of nitrogens with two attached hydrogens (primary N) is 2. The number of hydrogen-bond acceptors (Lipinski definition) is 2. The number of rotatable bonds is 3. The van der Waals surface area contributed by atoms with Gasteiger partial charge in [0, 0.05) is 12.7 Å². The molecule has 0 heterocycles. The van der Waals surface area contributed by atoms with Crippen LogP contribution in [0.5, 0.6) is 0 Å². The maximum atomic E-state index is 5.31. The van der Waals surface area contributed by atoms with Gasteiger partial charge in [-0.3, -0.25) is 0 Å². The molecule has 4 nitrogen and oxygen atoms in total. The highest BCUT2D eigenvalue weighted by Gasteiger charge is 1.97. The number of nitrogens with zero attached hydrogens (tertiary/aromatic N) is 1. The predicted octanol–water partition coefficient (Wildman–Crippen LogP) is 1.65. The molecule has 4 heteroatoms. The summed E-state index contributed by atoms with van der Waals surface area (Å²) in [5.41, 5.74) is 12.8. The average Bonchev–Trinajstić information content (AvgIpc) is 2.35. The summed E-state index contributed by atoms with van der Waals surface area (Å²) in [6, 6.07) is 12.5. The van der Waals surface area contributed by atoms with E-state index in [-0.39, 0.29) is 5.96 Å². The van der Waals surface area contributed by atoms with Crippen LogP contribution in [-0.4, -0.2) is 13.0 Å².